The molecule has 1 fully saturated rings. The Kier molecular flexibility index (Phi) is 4.20. The average molecular weight is 185 g/mol. The third-order valence-corrected chi connectivity index (χ3v) is 3.35. The summed E-state index contributed by atoms with van der Waals surface area (Å²) in [5.74, 6) is 0.838. The van der Waals surface area contributed by atoms with Crippen LogP contribution in [0.1, 0.15) is 51.9 Å². The molecule has 0 bridgehead atoms. The van der Waals surface area contributed by atoms with Gasteiger partial charge in [-0.3, -0.25) is 0 Å². The van der Waals surface area contributed by atoms with E-state index in [1.807, 2.05) is 0 Å². The Hall–Kier alpha value is -0.0800. The predicted octanol–water partition coefficient (Wildman–Crippen LogP) is 2.06. The molecule has 1 saturated carbocycles. The molecule has 1 aliphatic rings. The topological polar surface area (TPSA) is 46.2 Å². The highest BCUT2D eigenvalue weighted by Gasteiger charge is 2.28. The van der Waals surface area contributed by atoms with Crippen LogP contribution in [0.2, 0.25) is 0 Å². The summed E-state index contributed by atoms with van der Waals surface area (Å²) in [6.45, 7) is 2.67. The summed E-state index contributed by atoms with van der Waals surface area (Å²) in [7, 11) is 0. The van der Waals surface area contributed by atoms with Crippen LogP contribution in [0.4, 0.5) is 0 Å². The minimum Gasteiger partial charge on any atom is -0.389 e. The molecule has 0 saturated heterocycles. The maximum atomic E-state index is 10.0. The second-order valence-corrected chi connectivity index (χ2v) is 4.51. The zero-order valence-corrected chi connectivity index (χ0v) is 8.76. The van der Waals surface area contributed by atoms with Gasteiger partial charge in [-0.1, -0.05) is 32.6 Å². The van der Waals surface area contributed by atoms with Crippen LogP contribution in [-0.2, 0) is 0 Å². The molecule has 1 aliphatic carbocycles. The molecule has 0 heterocycles. The lowest BCUT2D eigenvalue weighted by Gasteiger charge is -2.24. The quantitative estimate of drug-likeness (QED) is 0.661. The van der Waals surface area contributed by atoms with E-state index < -0.39 is 5.60 Å². The normalized spacial score (nSPS) is 35.8. The van der Waals surface area contributed by atoms with Crippen molar-refractivity contribution in [3.63, 3.8) is 0 Å². The first-order valence-electron chi connectivity index (χ1n) is 5.62. The van der Waals surface area contributed by atoms with Gasteiger partial charge in [-0.05, 0) is 25.2 Å². The highest BCUT2D eigenvalue weighted by Crippen LogP contribution is 2.31. The summed E-state index contributed by atoms with van der Waals surface area (Å²) in [6.07, 6.45) is 8.01. The minimum absolute atomic E-state index is 0.436. The maximum absolute atomic E-state index is 10.0. The highest BCUT2D eigenvalue weighted by atomic mass is 16.3. The van der Waals surface area contributed by atoms with Gasteiger partial charge in [-0.15, -0.1) is 0 Å². The molecule has 0 aromatic carbocycles. The summed E-state index contributed by atoms with van der Waals surface area (Å²) < 4.78 is 0. The lowest BCUT2D eigenvalue weighted by Crippen LogP contribution is -2.36. The fraction of sp³-hybridized carbons (Fsp3) is 1.00. The van der Waals surface area contributed by atoms with Crippen LogP contribution >= 0.6 is 0 Å². The number of nitrogens with two attached hydrogens (primary N) is 1. The van der Waals surface area contributed by atoms with Gasteiger partial charge in [0, 0.05) is 6.54 Å². The van der Waals surface area contributed by atoms with Crippen LogP contribution in [0.25, 0.3) is 0 Å². The van der Waals surface area contributed by atoms with Gasteiger partial charge >= 0.3 is 0 Å². The van der Waals surface area contributed by atoms with Crippen molar-refractivity contribution < 1.29 is 5.11 Å². The molecule has 0 amide bonds. The van der Waals surface area contributed by atoms with Crippen LogP contribution in [0.5, 0.6) is 0 Å². The number of hydrogen-bond acceptors (Lipinski definition) is 2. The van der Waals surface area contributed by atoms with Gasteiger partial charge in [0.25, 0.3) is 0 Å². The van der Waals surface area contributed by atoms with E-state index in [4.69, 9.17) is 5.73 Å². The van der Waals surface area contributed by atoms with E-state index in [9.17, 15) is 5.11 Å². The molecule has 0 aromatic heterocycles. The molecule has 2 heteroatoms. The number of rotatable bonds is 3. The standard InChI is InChI=1S/C11H23NO/c1-2-4-10-5-3-7-11(13,9-12)8-6-10/h10,13H,2-9,12H2,1H3. The Morgan fingerprint density at radius 1 is 1.38 bits per heavy atom. The molecular formula is C11H23NO. The van der Waals surface area contributed by atoms with E-state index in [0.717, 1.165) is 25.2 Å². The largest absolute Gasteiger partial charge is 0.389 e. The van der Waals surface area contributed by atoms with Crippen molar-refractivity contribution >= 4 is 0 Å². The zero-order valence-electron chi connectivity index (χ0n) is 8.76. The summed E-state index contributed by atoms with van der Waals surface area (Å²) in [5, 5.41) is 10.0. The summed E-state index contributed by atoms with van der Waals surface area (Å²) in [4.78, 5) is 0. The molecule has 0 spiro atoms. The minimum atomic E-state index is -0.539. The predicted molar refractivity (Wildman–Crippen MR) is 55.5 cm³/mol. The summed E-state index contributed by atoms with van der Waals surface area (Å²) >= 11 is 0. The lowest BCUT2D eigenvalue weighted by molar-refractivity contribution is 0.0327. The van der Waals surface area contributed by atoms with Crippen molar-refractivity contribution in [3.05, 3.63) is 0 Å². The van der Waals surface area contributed by atoms with Crippen LogP contribution in [-0.4, -0.2) is 17.3 Å². The summed E-state index contributed by atoms with van der Waals surface area (Å²) in [6, 6.07) is 0. The van der Waals surface area contributed by atoms with Gasteiger partial charge in [-0.2, -0.15) is 0 Å². The Morgan fingerprint density at radius 2 is 2.15 bits per heavy atom. The molecule has 2 nitrogen and oxygen atoms in total. The van der Waals surface area contributed by atoms with E-state index in [1.54, 1.807) is 0 Å². The van der Waals surface area contributed by atoms with Crippen molar-refractivity contribution in [3.8, 4) is 0 Å². The van der Waals surface area contributed by atoms with Gasteiger partial charge in [0.1, 0.15) is 0 Å². The first kappa shape index (κ1) is 11.0. The Morgan fingerprint density at radius 3 is 2.77 bits per heavy atom. The van der Waals surface area contributed by atoms with E-state index in [0.29, 0.717) is 6.54 Å². The van der Waals surface area contributed by atoms with Crippen molar-refractivity contribution in [2.45, 2.75) is 57.5 Å². The summed E-state index contributed by atoms with van der Waals surface area (Å²) in [5.41, 5.74) is 5.04. The third-order valence-electron chi connectivity index (χ3n) is 3.35. The molecule has 1 rings (SSSR count). The molecular weight excluding hydrogens is 162 g/mol. The van der Waals surface area contributed by atoms with Crippen LogP contribution in [0.3, 0.4) is 0 Å². The molecule has 0 radical (unpaired) electrons. The van der Waals surface area contributed by atoms with E-state index in [1.165, 1.54) is 25.7 Å². The molecule has 2 unspecified atom stereocenters. The third kappa shape index (κ3) is 3.28. The van der Waals surface area contributed by atoms with Crippen LogP contribution in [0.15, 0.2) is 0 Å². The fourth-order valence-corrected chi connectivity index (χ4v) is 2.36. The maximum Gasteiger partial charge on any atom is 0.0769 e. The highest BCUT2D eigenvalue weighted by molar-refractivity contribution is 4.83. The molecule has 3 N–H and O–H groups in total. The zero-order chi connectivity index (χ0) is 9.73. The molecule has 78 valence electrons. The van der Waals surface area contributed by atoms with Gasteiger partial charge in [0.2, 0.25) is 0 Å². The van der Waals surface area contributed by atoms with Crippen LogP contribution < -0.4 is 5.73 Å². The Balaban J connectivity index is 2.39. The first-order valence-corrected chi connectivity index (χ1v) is 5.62. The number of aliphatic hydroxyl groups is 1. The van der Waals surface area contributed by atoms with Gasteiger partial charge < -0.3 is 10.8 Å². The van der Waals surface area contributed by atoms with Gasteiger partial charge in [0.15, 0.2) is 0 Å². The monoisotopic (exact) mass is 185 g/mol. The molecule has 2 atom stereocenters. The van der Waals surface area contributed by atoms with E-state index in [2.05, 4.69) is 6.92 Å². The van der Waals surface area contributed by atoms with Crippen molar-refractivity contribution in [2.24, 2.45) is 11.7 Å². The second-order valence-electron chi connectivity index (χ2n) is 4.51. The SMILES string of the molecule is CCCC1CCCC(O)(CN)CC1. The molecule has 0 aromatic rings. The van der Waals surface area contributed by atoms with Crippen molar-refractivity contribution in [1.82, 2.24) is 0 Å². The van der Waals surface area contributed by atoms with E-state index in [-0.39, 0.29) is 0 Å². The first-order chi connectivity index (χ1) is 6.20. The van der Waals surface area contributed by atoms with Crippen LogP contribution in [0, 0.1) is 5.92 Å². The smallest absolute Gasteiger partial charge is 0.0769 e. The average Bonchev–Trinajstić information content (AvgIpc) is 2.31. The van der Waals surface area contributed by atoms with Crippen molar-refractivity contribution in [1.29, 1.82) is 0 Å². The van der Waals surface area contributed by atoms with Gasteiger partial charge in [0.05, 0.1) is 5.60 Å². The molecule has 0 aliphatic heterocycles. The number of hydrogen-bond donors (Lipinski definition) is 2. The second kappa shape index (κ2) is 4.97. The fourth-order valence-electron chi connectivity index (χ4n) is 2.36. The van der Waals surface area contributed by atoms with Gasteiger partial charge in [-0.25, -0.2) is 0 Å². The van der Waals surface area contributed by atoms with E-state index >= 15 is 0 Å². The lowest BCUT2D eigenvalue weighted by atomic mass is 9.92. The molecule has 13 heavy (non-hydrogen) atoms. The Bertz CT molecular complexity index is 149. The Labute approximate surface area is 81.5 Å². The van der Waals surface area contributed by atoms with Crippen molar-refractivity contribution in [2.75, 3.05) is 6.54 Å².